The van der Waals surface area contributed by atoms with E-state index in [2.05, 4.69) is 44.2 Å². The van der Waals surface area contributed by atoms with Crippen LogP contribution in [0.15, 0.2) is 29.0 Å². The van der Waals surface area contributed by atoms with Crippen LogP contribution in [0.3, 0.4) is 0 Å². The SMILES string of the molecule is C=C(C)C(C)(C)c1ccsc1. The lowest BCUT2D eigenvalue weighted by molar-refractivity contribution is 0.629. The van der Waals surface area contributed by atoms with Gasteiger partial charge in [0.1, 0.15) is 0 Å². The van der Waals surface area contributed by atoms with Crippen LogP contribution in [-0.4, -0.2) is 0 Å². The molecule has 0 nitrogen and oxygen atoms in total. The van der Waals surface area contributed by atoms with Crippen molar-refractivity contribution in [2.45, 2.75) is 26.2 Å². The molecule has 0 atom stereocenters. The largest absolute Gasteiger partial charge is 0.152 e. The summed E-state index contributed by atoms with van der Waals surface area (Å²) in [6.45, 7) is 10.5. The maximum absolute atomic E-state index is 3.99. The molecule has 0 aliphatic rings. The van der Waals surface area contributed by atoms with Crippen LogP contribution in [0, 0.1) is 0 Å². The van der Waals surface area contributed by atoms with E-state index in [1.807, 2.05) is 0 Å². The van der Waals surface area contributed by atoms with Crippen LogP contribution < -0.4 is 0 Å². The molecule has 0 radical (unpaired) electrons. The zero-order chi connectivity index (χ0) is 8.48. The first-order valence-electron chi connectivity index (χ1n) is 3.74. The summed E-state index contributed by atoms with van der Waals surface area (Å²) in [6, 6.07) is 2.17. The summed E-state index contributed by atoms with van der Waals surface area (Å²) in [4.78, 5) is 0. The minimum Gasteiger partial charge on any atom is -0.152 e. The van der Waals surface area contributed by atoms with Gasteiger partial charge in [-0.05, 0) is 29.3 Å². The van der Waals surface area contributed by atoms with E-state index in [-0.39, 0.29) is 5.41 Å². The van der Waals surface area contributed by atoms with E-state index in [0.717, 1.165) is 0 Å². The average Bonchev–Trinajstić information content (AvgIpc) is 2.37. The second kappa shape index (κ2) is 2.82. The summed E-state index contributed by atoms with van der Waals surface area (Å²) in [5, 5.41) is 4.30. The Morgan fingerprint density at radius 1 is 1.55 bits per heavy atom. The molecule has 0 N–H and O–H groups in total. The van der Waals surface area contributed by atoms with Gasteiger partial charge in [0.05, 0.1) is 0 Å². The van der Waals surface area contributed by atoms with Crippen LogP contribution in [-0.2, 0) is 5.41 Å². The number of rotatable bonds is 2. The van der Waals surface area contributed by atoms with Crippen molar-refractivity contribution in [3.05, 3.63) is 34.5 Å². The van der Waals surface area contributed by atoms with Crippen molar-refractivity contribution < 1.29 is 0 Å². The zero-order valence-corrected chi connectivity index (χ0v) is 8.16. The van der Waals surface area contributed by atoms with Gasteiger partial charge in [-0.2, -0.15) is 11.3 Å². The van der Waals surface area contributed by atoms with Gasteiger partial charge >= 0.3 is 0 Å². The molecule has 0 saturated carbocycles. The third-order valence-electron chi connectivity index (χ3n) is 2.31. The minimum atomic E-state index is 0.139. The summed E-state index contributed by atoms with van der Waals surface area (Å²) >= 11 is 1.74. The lowest BCUT2D eigenvalue weighted by Crippen LogP contribution is -2.16. The summed E-state index contributed by atoms with van der Waals surface area (Å²) in [6.07, 6.45) is 0. The van der Waals surface area contributed by atoms with E-state index in [1.54, 1.807) is 11.3 Å². The molecule has 0 bridgehead atoms. The molecule has 0 saturated heterocycles. The van der Waals surface area contributed by atoms with Gasteiger partial charge in [-0.3, -0.25) is 0 Å². The van der Waals surface area contributed by atoms with Gasteiger partial charge in [-0.25, -0.2) is 0 Å². The van der Waals surface area contributed by atoms with Crippen molar-refractivity contribution in [3.63, 3.8) is 0 Å². The molecule has 1 rings (SSSR count). The Balaban J connectivity index is 3.00. The summed E-state index contributed by atoms with van der Waals surface area (Å²) in [5.74, 6) is 0. The highest BCUT2D eigenvalue weighted by Crippen LogP contribution is 2.31. The van der Waals surface area contributed by atoms with Crippen LogP contribution in [0.1, 0.15) is 26.3 Å². The Bertz CT molecular complexity index is 242. The Hall–Kier alpha value is -0.560. The second-order valence-electron chi connectivity index (χ2n) is 3.42. The topological polar surface area (TPSA) is 0 Å². The van der Waals surface area contributed by atoms with E-state index in [4.69, 9.17) is 0 Å². The Morgan fingerprint density at radius 3 is 2.55 bits per heavy atom. The number of allylic oxidation sites excluding steroid dienone is 1. The second-order valence-corrected chi connectivity index (χ2v) is 4.20. The van der Waals surface area contributed by atoms with Crippen molar-refractivity contribution in [2.24, 2.45) is 0 Å². The van der Waals surface area contributed by atoms with Crippen LogP contribution in [0.25, 0.3) is 0 Å². The molecule has 0 aliphatic carbocycles. The standard InChI is InChI=1S/C10H14S/c1-8(2)10(3,4)9-5-6-11-7-9/h5-7H,1H2,2-4H3. The summed E-state index contributed by atoms with van der Waals surface area (Å²) in [7, 11) is 0. The third kappa shape index (κ3) is 1.54. The van der Waals surface area contributed by atoms with Crippen LogP contribution in [0.2, 0.25) is 0 Å². The smallest absolute Gasteiger partial charge is 0.0108 e. The summed E-state index contributed by atoms with van der Waals surface area (Å²) < 4.78 is 0. The molecule has 60 valence electrons. The van der Waals surface area contributed by atoms with Crippen LogP contribution in [0.5, 0.6) is 0 Å². The van der Waals surface area contributed by atoms with Gasteiger partial charge in [0.25, 0.3) is 0 Å². The van der Waals surface area contributed by atoms with Gasteiger partial charge in [0, 0.05) is 5.41 Å². The monoisotopic (exact) mass is 166 g/mol. The Kier molecular flexibility index (Phi) is 2.19. The maximum Gasteiger partial charge on any atom is 0.0108 e. The highest BCUT2D eigenvalue weighted by atomic mass is 32.1. The Morgan fingerprint density at radius 2 is 2.18 bits per heavy atom. The predicted molar refractivity (Wildman–Crippen MR) is 52.2 cm³/mol. The molecule has 0 aliphatic heterocycles. The molecular weight excluding hydrogens is 152 g/mol. The highest BCUT2D eigenvalue weighted by molar-refractivity contribution is 7.08. The first kappa shape index (κ1) is 8.54. The van der Waals surface area contributed by atoms with E-state index in [0.29, 0.717) is 0 Å². The predicted octanol–water partition coefficient (Wildman–Crippen LogP) is 3.60. The van der Waals surface area contributed by atoms with Crippen molar-refractivity contribution in [2.75, 3.05) is 0 Å². The molecule has 0 amide bonds. The van der Waals surface area contributed by atoms with Gasteiger partial charge in [0.2, 0.25) is 0 Å². The van der Waals surface area contributed by atoms with Gasteiger partial charge in [-0.1, -0.05) is 26.0 Å². The van der Waals surface area contributed by atoms with Crippen LogP contribution >= 0.6 is 11.3 Å². The molecule has 0 aromatic carbocycles. The normalized spacial score (nSPS) is 11.5. The molecule has 11 heavy (non-hydrogen) atoms. The fourth-order valence-corrected chi connectivity index (χ4v) is 1.69. The van der Waals surface area contributed by atoms with Crippen molar-refractivity contribution >= 4 is 11.3 Å². The van der Waals surface area contributed by atoms with Crippen molar-refractivity contribution in [3.8, 4) is 0 Å². The average molecular weight is 166 g/mol. The lowest BCUT2D eigenvalue weighted by atomic mass is 9.81. The van der Waals surface area contributed by atoms with Crippen molar-refractivity contribution in [1.29, 1.82) is 0 Å². The molecule has 0 fully saturated rings. The quantitative estimate of drug-likeness (QED) is 0.589. The molecule has 1 aromatic heterocycles. The van der Waals surface area contributed by atoms with Gasteiger partial charge < -0.3 is 0 Å². The number of hydrogen-bond acceptors (Lipinski definition) is 1. The molecule has 0 unspecified atom stereocenters. The Labute approximate surface area is 72.6 Å². The van der Waals surface area contributed by atoms with E-state index >= 15 is 0 Å². The zero-order valence-electron chi connectivity index (χ0n) is 7.35. The fraction of sp³-hybridized carbons (Fsp3) is 0.400. The third-order valence-corrected chi connectivity index (χ3v) is 2.99. The van der Waals surface area contributed by atoms with Gasteiger partial charge in [-0.15, -0.1) is 0 Å². The van der Waals surface area contributed by atoms with E-state index in [1.165, 1.54) is 11.1 Å². The summed E-state index contributed by atoms with van der Waals surface area (Å²) in [5.41, 5.74) is 2.73. The van der Waals surface area contributed by atoms with Crippen molar-refractivity contribution in [1.82, 2.24) is 0 Å². The van der Waals surface area contributed by atoms with E-state index in [9.17, 15) is 0 Å². The van der Waals surface area contributed by atoms with E-state index < -0.39 is 0 Å². The minimum absolute atomic E-state index is 0.139. The highest BCUT2D eigenvalue weighted by Gasteiger charge is 2.20. The van der Waals surface area contributed by atoms with Crippen LogP contribution in [0.4, 0.5) is 0 Å². The molecule has 0 spiro atoms. The first-order valence-corrected chi connectivity index (χ1v) is 4.68. The van der Waals surface area contributed by atoms with Gasteiger partial charge in [0.15, 0.2) is 0 Å². The molecular formula is C10H14S. The molecule has 1 heteroatoms. The molecule has 1 heterocycles. The molecule has 1 aromatic rings. The maximum atomic E-state index is 3.99. The number of thiophene rings is 1. The lowest BCUT2D eigenvalue weighted by Gasteiger charge is -2.23. The number of hydrogen-bond donors (Lipinski definition) is 0. The fourth-order valence-electron chi connectivity index (χ4n) is 0.867. The first-order chi connectivity index (χ1) is 5.05.